The lowest BCUT2D eigenvalue weighted by atomic mass is 10.0. The van der Waals surface area contributed by atoms with Crippen molar-refractivity contribution in [2.75, 3.05) is 11.9 Å². The fraction of sp³-hybridized carbons (Fsp3) is 0.417. The van der Waals surface area contributed by atoms with Crippen LogP contribution in [-0.2, 0) is 6.42 Å². The molecule has 15 heavy (non-hydrogen) atoms. The van der Waals surface area contributed by atoms with E-state index in [9.17, 15) is 4.79 Å². The van der Waals surface area contributed by atoms with Gasteiger partial charge in [-0.15, -0.1) is 0 Å². The fourth-order valence-electron chi connectivity index (χ4n) is 2.05. The highest BCUT2D eigenvalue weighted by Gasteiger charge is 2.26. The topological polar surface area (TPSA) is 41.1 Å². The molecule has 3 rings (SSSR count). The molecule has 0 saturated heterocycles. The molecule has 0 bridgehead atoms. The van der Waals surface area contributed by atoms with Crippen LogP contribution in [0, 0.1) is 0 Å². The van der Waals surface area contributed by atoms with Crippen molar-refractivity contribution < 1.29 is 4.79 Å². The van der Waals surface area contributed by atoms with Gasteiger partial charge in [0.15, 0.2) is 0 Å². The standard InChI is InChI=1S/C12H14N2O/c15-12(14-8-4-5-8)10-2-1-3-11-9(10)6-7-13-11/h1-3,8,13H,4-7H2,(H,14,15). The Labute approximate surface area is 88.9 Å². The number of hydrogen-bond donors (Lipinski definition) is 2. The van der Waals surface area contributed by atoms with Crippen LogP contribution in [0.5, 0.6) is 0 Å². The summed E-state index contributed by atoms with van der Waals surface area (Å²) >= 11 is 0. The summed E-state index contributed by atoms with van der Waals surface area (Å²) in [5.41, 5.74) is 3.15. The highest BCUT2D eigenvalue weighted by atomic mass is 16.1. The monoisotopic (exact) mass is 202 g/mol. The number of hydrogen-bond acceptors (Lipinski definition) is 2. The fourth-order valence-corrected chi connectivity index (χ4v) is 2.05. The van der Waals surface area contributed by atoms with Crippen LogP contribution in [0.4, 0.5) is 5.69 Å². The van der Waals surface area contributed by atoms with Gasteiger partial charge in [0, 0.05) is 23.8 Å². The van der Waals surface area contributed by atoms with Gasteiger partial charge in [0.25, 0.3) is 5.91 Å². The number of benzene rings is 1. The van der Waals surface area contributed by atoms with Gasteiger partial charge in [-0.25, -0.2) is 0 Å². The highest BCUT2D eigenvalue weighted by molar-refractivity contribution is 5.97. The first-order valence-electron chi connectivity index (χ1n) is 5.51. The Morgan fingerprint density at radius 1 is 1.40 bits per heavy atom. The van der Waals surface area contributed by atoms with Gasteiger partial charge in [-0.1, -0.05) is 6.07 Å². The number of nitrogens with one attached hydrogen (secondary N) is 2. The minimum Gasteiger partial charge on any atom is -0.384 e. The smallest absolute Gasteiger partial charge is 0.251 e. The van der Waals surface area contributed by atoms with E-state index in [0.717, 1.165) is 37.1 Å². The Kier molecular flexibility index (Phi) is 1.91. The summed E-state index contributed by atoms with van der Waals surface area (Å²) in [6.07, 6.45) is 3.24. The van der Waals surface area contributed by atoms with Crippen LogP contribution in [-0.4, -0.2) is 18.5 Å². The lowest BCUT2D eigenvalue weighted by Crippen LogP contribution is -2.26. The second-order valence-corrected chi connectivity index (χ2v) is 4.26. The number of anilines is 1. The van der Waals surface area contributed by atoms with Crippen LogP contribution in [0.25, 0.3) is 0 Å². The number of carbonyl (C=O) groups is 1. The quantitative estimate of drug-likeness (QED) is 0.764. The van der Waals surface area contributed by atoms with Crippen molar-refractivity contribution in [1.82, 2.24) is 5.32 Å². The first-order chi connectivity index (χ1) is 7.34. The summed E-state index contributed by atoms with van der Waals surface area (Å²) < 4.78 is 0. The minimum atomic E-state index is 0.0954. The van der Waals surface area contributed by atoms with Crippen LogP contribution in [0.3, 0.4) is 0 Å². The zero-order valence-corrected chi connectivity index (χ0v) is 8.55. The van der Waals surface area contributed by atoms with Crippen LogP contribution < -0.4 is 10.6 Å². The zero-order chi connectivity index (χ0) is 10.3. The molecule has 2 aliphatic rings. The first kappa shape index (κ1) is 8.77. The van der Waals surface area contributed by atoms with E-state index in [2.05, 4.69) is 10.6 Å². The average Bonchev–Trinajstić information content (AvgIpc) is 2.93. The number of amides is 1. The second kappa shape index (κ2) is 3.26. The molecule has 1 saturated carbocycles. The van der Waals surface area contributed by atoms with Gasteiger partial charge >= 0.3 is 0 Å². The Bertz CT molecular complexity index is 410. The van der Waals surface area contributed by atoms with Crippen LogP contribution in [0.1, 0.15) is 28.8 Å². The summed E-state index contributed by atoms with van der Waals surface area (Å²) in [6.45, 7) is 0.947. The maximum absolute atomic E-state index is 11.9. The van der Waals surface area contributed by atoms with Gasteiger partial charge < -0.3 is 10.6 Å². The molecule has 78 valence electrons. The molecular formula is C12H14N2O. The molecule has 3 heteroatoms. The Balaban J connectivity index is 1.90. The molecule has 2 N–H and O–H groups in total. The van der Waals surface area contributed by atoms with E-state index in [1.807, 2.05) is 18.2 Å². The number of carbonyl (C=O) groups excluding carboxylic acids is 1. The van der Waals surface area contributed by atoms with Gasteiger partial charge in [-0.05, 0) is 37.0 Å². The SMILES string of the molecule is O=C(NC1CC1)c1cccc2c1CCN2. The van der Waals surface area contributed by atoms with E-state index in [1.54, 1.807) is 0 Å². The lowest BCUT2D eigenvalue weighted by Gasteiger charge is -2.07. The maximum Gasteiger partial charge on any atom is 0.251 e. The van der Waals surface area contributed by atoms with Crippen molar-refractivity contribution >= 4 is 11.6 Å². The maximum atomic E-state index is 11.9. The molecule has 3 nitrogen and oxygen atoms in total. The summed E-state index contributed by atoms with van der Waals surface area (Å²) in [6, 6.07) is 6.33. The first-order valence-corrected chi connectivity index (χ1v) is 5.51. The number of rotatable bonds is 2. The third-order valence-corrected chi connectivity index (χ3v) is 3.02. The van der Waals surface area contributed by atoms with Crippen LogP contribution in [0.15, 0.2) is 18.2 Å². The van der Waals surface area contributed by atoms with Gasteiger partial charge in [0.2, 0.25) is 0 Å². The predicted molar refractivity (Wildman–Crippen MR) is 59.1 cm³/mol. The highest BCUT2D eigenvalue weighted by Crippen LogP contribution is 2.26. The molecule has 1 fully saturated rings. The van der Waals surface area contributed by atoms with Gasteiger partial charge in [-0.3, -0.25) is 4.79 Å². The molecule has 1 aromatic rings. The molecule has 0 radical (unpaired) electrons. The second-order valence-electron chi connectivity index (χ2n) is 4.26. The predicted octanol–water partition coefficient (Wildman–Crippen LogP) is 1.55. The van der Waals surface area contributed by atoms with Gasteiger partial charge in [0.1, 0.15) is 0 Å². The zero-order valence-electron chi connectivity index (χ0n) is 8.55. The average molecular weight is 202 g/mol. The van der Waals surface area contributed by atoms with E-state index in [0.29, 0.717) is 6.04 Å². The Hall–Kier alpha value is -1.51. The molecule has 0 spiro atoms. The Morgan fingerprint density at radius 3 is 3.07 bits per heavy atom. The molecule has 1 aromatic carbocycles. The molecule has 1 amide bonds. The molecular weight excluding hydrogens is 188 g/mol. The normalized spacial score (nSPS) is 18.1. The lowest BCUT2D eigenvalue weighted by molar-refractivity contribution is 0.0950. The molecule has 1 heterocycles. The van der Waals surface area contributed by atoms with E-state index in [-0.39, 0.29) is 5.91 Å². The largest absolute Gasteiger partial charge is 0.384 e. The Morgan fingerprint density at radius 2 is 2.27 bits per heavy atom. The van der Waals surface area contributed by atoms with Crippen molar-refractivity contribution in [2.24, 2.45) is 0 Å². The van der Waals surface area contributed by atoms with Crippen molar-refractivity contribution in [3.05, 3.63) is 29.3 Å². The summed E-state index contributed by atoms with van der Waals surface area (Å²) in [5, 5.41) is 6.32. The molecule has 0 aromatic heterocycles. The molecule has 1 aliphatic carbocycles. The molecule has 1 aliphatic heterocycles. The summed E-state index contributed by atoms with van der Waals surface area (Å²) in [4.78, 5) is 11.9. The van der Waals surface area contributed by atoms with Crippen molar-refractivity contribution in [3.63, 3.8) is 0 Å². The summed E-state index contributed by atoms with van der Waals surface area (Å²) in [5.74, 6) is 0.0954. The van der Waals surface area contributed by atoms with Gasteiger partial charge in [0.05, 0.1) is 0 Å². The van der Waals surface area contributed by atoms with Crippen LogP contribution >= 0.6 is 0 Å². The van der Waals surface area contributed by atoms with E-state index in [1.165, 1.54) is 5.56 Å². The molecule has 0 atom stereocenters. The van der Waals surface area contributed by atoms with Crippen molar-refractivity contribution in [2.45, 2.75) is 25.3 Å². The van der Waals surface area contributed by atoms with E-state index >= 15 is 0 Å². The summed E-state index contributed by atoms with van der Waals surface area (Å²) in [7, 11) is 0. The number of fused-ring (bicyclic) bond motifs is 1. The van der Waals surface area contributed by atoms with Crippen LogP contribution in [0.2, 0.25) is 0 Å². The van der Waals surface area contributed by atoms with Crippen molar-refractivity contribution in [3.8, 4) is 0 Å². The molecule has 0 unspecified atom stereocenters. The van der Waals surface area contributed by atoms with E-state index in [4.69, 9.17) is 0 Å². The van der Waals surface area contributed by atoms with Gasteiger partial charge in [-0.2, -0.15) is 0 Å². The minimum absolute atomic E-state index is 0.0954. The third-order valence-electron chi connectivity index (χ3n) is 3.02. The van der Waals surface area contributed by atoms with E-state index < -0.39 is 0 Å². The van der Waals surface area contributed by atoms with Crippen molar-refractivity contribution in [1.29, 1.82) is 0 Å². The third kappa shape index (κ3) is 1.58.